The van der Waals surface area contributed by atoms with E-state index in [0.717, 1.165) is 10.9 Å². The molecule has 0 saturated heterocycles. The van der Waals surface area contributed by atoms with Gasteiger partial charge in [-0.05, 0) is 37.5 Å². The summed E-state index contributed by atoms with van der Waals surface area (Å²) < 4.78 is 14.6. The molecule has 0 amide bonds. The second-order valence-corrected chi connectivity index (χ2v) is 5.98. The van der Waals surface area contributed by atoms with Crippen molar-refractivity contribution < 1.29 is 9.50 Å². The normalized spacial score (nSPS) is 14.8. The first kappa shape index (κ1) is 15.6. The molecule has 4 heteroatoms. The van der Waals surface area contributed by atoms with Crippen LogP contribution in [0.2, 0.25) is 0 Å². The van der Waals surface area contributed by atoms with Crippen LogP contribution in [0.1, 0.15) is 38.8 Å². The molecule has 2 atom stereocenters. The lowest BCUT2D eigenvalue weighted by atomic mass is 10.0. The predicted molar refractivity (Wildman–Crippen MR) is 76.0 cm³/mol. The molecule has 0 bridgehead atoms. The second-order valence-electron chi connectivity index (χ2n) is 5.06. The van der Waals surface area contributed by atoms with Gasteiger partial charge in [0.25, 0.3) is 0 Å². The number of benzene rings is 1. The number of nitrogens with one attached hydrogen (secondary N) is 1. The van der Waals surface area contributed by atoms with E-state index in [-0.39, 0.29) is 24.5 Å². The van der Waals surface area contributed by atoms with Crippen LogP contribution < -0.4 is 5.32 Å². The Morgan fingerprint density at radius 2 is 2.00 bits per heavy atom. The Morgan fingerprint density at radius 1 is 1.33 bits per heavy atom. The Labute approximate surface area is 117 Å². The summed E-state index contributed by atoms with van der Waals surface area (Å²) in [6.45, 7) is 6.19. The summed E-state index contributed by atoms with van der Waals surface area (Å²) in [6, 6.07) is 4.78. The lowest BCUT2D eigenvalue weighted by Crippen LogP contribution is -2.36. The van der Waals surface area contributed by atoms with E-state index in [0.29, 0.717) is 11.5 Å². The summed E-state index contributed by atoms with van der Waals surface area (Å²) in [7, 11) is 0. The van der Waals surface area contributed by atoms with Crippen LogP contribution in [0.3, 0.4) is 0 Å². The lowest BCUT2D eigenvalue weighted by molar-refractivity contribution is 0.214. The lowest BCUT2D eigenvalue weighted by Gasteiger charge is -2.23. The molecule has 2 N–H and O–H groups in total. The van der Waals surface area contributed by atoms with Gasteiger partial charge in [-0.1, -0.05) is 29.8 Å². The van der Waals surface area contributed by atoms with Crippen molar-refractivity contribution in [1.29, 1.82) is 0 Å². The number of aliphatic hydroxyl groups is 1. The van der Waals surface area contributed by atoms with Gasteiger partial charge in [-0.2, -0.15) is 0 Å². The van der Waals surface area contributed by atoms with E-state index >= 15 is 0 Å². The van der Waals surface area contributed by atoms with E-state index in [4.69, 9.17) is 0 Å². The molecular weight excluding hydrogens is 297 g/mol. The average molecular weight is 318 g/mol. The van der Waals surface area contributed by atoms with Crippen LogP contribution >= 0.6 is 15.9 Å². The third kappa shape index (κ3) is 4.67. The summed E-state index contributed by atoms with van der Waals surface area (Å²) >= 11 is 3.34. The van der Waals surface area contributed by atoms with Gasteiger partial charge in [-0.15, -0.1) is 0 Å². The average Bonchev–Trinajstić information content (AvgIpc) is 2.30. The van der Waals surface area contributed by atoms with E-state index in [1.807, 2.05) is 6.92 Å². The minimum absolute atomic E-state index is 0.00150. The van der Waals surface area contributed by atoms with Crippen LogP contribution in [0.5, 0.6) is 0 Å². The molecule has 0 fully saturated rings. The largest absolute Gasteiger partial charge is 0.395 e. The monoisotopic (exact) mass is 317 g/mol. The molecule has 0 aromatic heterocycles. The van der Waals surface area contributed by atoms with Gasteiger partial charge >= 0.3 is 0 Å². The highest BCUT2D eigenvalue weighted by atomic mass is 79.9. The van der Waals surface area contributed by atoms with E-state index in [2.05, 4.69) is 35.1 Å². The number of halogens is 2. The van der Waals surface area contributed by atoms with Crippen LogP contribution in [0.4, 0.5) is 4.39 Å². The number of hydrogen-bond donors (Lipinski definition) is 2. The highest BCUT2D eigenvalue weighted by Gasteiger charge is 2.16. The maximum absolute atomic E-state index is 13.7. The van der Waals surface area contributed by atoms with Crippen LogP contribution in [-0.4, -0.2) is 17.8 Å². The Balaban J connectivity index is 2.74. The summed E-state index contributed by atoms with van der Waals surface area (Å²) in [5.41, 5.74) is 0.617. The molecule has 0 heterocycles. The van der Waals surface area contributed by atoms with E-state index in [9.17, 15) is 9.50 Å². The topological polar surface area (TPSA) is 32.3 Å². The maximum Gasteiger partial charge on any atom is 0.128 e. The van der Waals surface area contributed by atoms with Crippen molar-refractivity contribution in [3.05, 3.63) is 34.1 Å². The van der Waals surface area contributed by atoms with Gasteiger partial charge in [0, 0.05) is 22.1 Å². The summed E-state index contributed by atoms with van der Waals surface area (Å²) in [5, 5.41) is 12.6. The minimum Gasteiger partial charge on any atom is -0.395 e. The number of rotatable bonds is 6. The fourth-order valence-corrected chi connectivity index (χ4v) is 2.43. The molecule has 0 saturated carbocycles. The molecule has 1 aromatic rings. The Kier molecular flexibility index (Phi) is 6.26. The molecule has 2 unspecified atom stereocenters. The highest BCUT2D eigenvalue weighted by molar-refractivity contribution is 9.10. The fraction of sp³-hybridized carbons (Fsp3) is 0.571. The van der Waals surface area contributed by atoms with Gasteiger partial charge in [0.2, 0.25) is 0 Å². The summed E-state index contributed by atoms with van der Waals surface area (Å²) in [6.07, 6.45) is 0.871. The molecule has 102 valence electrons. The summed E-state index contributed by atoms with van der Waals surface area (Å²) in [5.74, 6) is 0.272. The molecule has 0 aliphatic heterocycles. The van der Waals surface area contributed by atoms with Crippen molar-refractivity contribution in [2.75, 3.05) is 6.61 Å². The predicted octanol–water partition coefficient (Wildman–Crippen LogP) is 3.65. The molecule has 1 rings (SSSR count). The Morgan fingerprint density at radius 3 is 2.56 bits per heavy atom. The van der Waals surface area contributed by atoms with Crippen molar-refractivity contribution in [3.8, 4) is 0 Å². The second kappa shape index (κ2) is 7.22. The molecule has 0 spiro atoms. The van der Waals surface area contributed by atoms with Crippen molar-refractivity contribution in [1.82, 2.24) is 5.32 Å². The standard InChI is InChI=1S/C14H21BrFNO/c1-9(2)6-12(8-18)17-10(3)13-7-11(15)4-5-14(13)16/h4-5,7,9-10,12,17-18H,6,8H2,1-3H3. The quantitative estimate of drug-likeness (QED) is 0.839. The number of hydrogen-bond acceptors (Lipinski definition) is 2. The van der Waals surface area contributed by atoms with Crippen LogP contribution in [0, 0.1) is 11.7 Å². The highest BCUT2D eigenvalue weighted by Crippen LogP contribution is 2.22. The SMILES string of the molecule is CC(C)CC(CO)NC(C)c1cc(Br)ccc1F. The van der Waals surface area contributed by atoms with Gasteiger partial charge in [-0.3, -0.25) is 0 Å². The third-order valence-electron chi connectivity index (χ3n) is 2.89. The van der Waals surface area contributed by atoms with Crippen LogP contribution in [-0.2, 0) is 0 Å². The first-order valence-electron chi connectivity index (χ1n) is 6.26. The summed E-state index contributed by atoms with van der Waals surface area (Å²) in [4.78, 5) is 0. The molecular formula is C14H21BrFNO. The van der Waals surface area contributed by atoms with E-state index in [1.165, 1.54) is 6.07 Å². The Hall–Kier alpha value is -0.450. The van der Waals surface area contributed by atoms with Gasteiger partial charge in [0.1, 0.15) is 5.82 Å². The van der Waals surface area contributed by atoms with E-state index < -0.39 is 0 Å². The molecule has 0 radical (unpaired) electrons. The van der Waals surface area contributed by atoms with Gasteiger partial charge < -0.3 is 10.4 Å². The zero-order chi connectivity index (χ0) is 13.7. The van der Waals surface area contributed by atoms with Gasteiger partial charge in [0.05, 0.1) is 6.61 Å². The Bertz CT molecular complexity index is 384. The first-order chi connectivity index (χ1) is 8.43. The van der Waals surface area contributed by atoms with E-state index in [1.54, 1.807) is 12.1 Å². The molecule has 0 aliphatic carbocycles. The van der Waals surface area contributed by atoms with Crippen molar-refractivity contribution in [2.45, 2.75) is 39.3 Å². The van der Waals surface area contributed by atoms with Crippen molar-refractivity contribution >= 4 is 15.9 Å². The molecule has 2 nitrogen and oxygen atoms in total. The third-order valence-corrected chi connectivity index (χ3v) is 3.38. The first-order valence-corrected chi connectivity index (χ1v) is 7.05. The zero-order valence-corrected chi connectivity index (χ0v) is 12.7. The molecule has 1 aromatic carbocycles. The fourth-order valence-electron chi connectivity index (χ4n) is 2.05. The van der Waals surface area contributed by atoms with Gasteiger partial charge in [-0.25, -0.2) is 4.39 Å². The maximum atomic E-state index is 13.7. The van der Waals surface area contributed by atoms with Crippen molar-refractivity contribution in [2.24, 2.45) is 5.92 Å². The molecule has 18 heavy (non-hydrogen) atoms. The van der Waals surface area contributed by atoms with Crippen molar-refractivity contribution in [3.63, 3.8) is 0 Å². The van der Waals surface area contributed by atoms with Gasteiger partial charge in [0.15, 0.2) is 0 Å². The van der Waals surface area contributed by atoms with Crippen LogP contribution in [0.25, 0.3) is 0 Å². The number of aliphatic hydroxyl groups excluding tert-OH is 1. The van der Waals surface area contributed by atoms with Crippen LogP contribution in [0.15, 0.2) is 22.7 Å². The minimum atomic E-state index is -0.223. The smallest absolute Gasteiger partial charge is 0.128 e. The molecule has 0 aliphatic rings. The zero-order valence-electron chi connectivity index (χ0n) is 11.1.